The summed E-state index contributed by atoms with van der Waals surface area (Å²) in [4.78, 5) is 18.5. The minimum atomic E-state index is -4.36. The smallest absolute Gasteiger partial charge is 0.311 e. The Hall–Kier alpha value is -2.90. The third kappa shape index (κ3) is 4.10. The van der Waals surface area contributed by atoms with Crippen LogP contribution in [0.15, 0.2) is 47.5 Å². The van der Waals surface area contributed by atoms with Crippen molar-refractivity contribution in [2.24, 2.45) is 5.92 Å². The maximum atomic E-state index is 12.8. The zero-order chi connectivity index (χ0) is 19.8. The molecule has 3 aromatic rings. The Labute approximate surface area is 153 Å². The number of rotatable bonds is 4. The highest BCUT2D eigenvalue weighted by Crippen LogP contribution is 2.35. The summed E-state index contributed by atoms with van der Waals surface area (Å²) in [5, 5.41) is 4.28. The molecule has 0 saturated carbocycles. The Morgan fingerprint density at radius 1 is 1.11 bits per heavy atom. The van der Waals surface area contributed by atoms with Gasteiger partial charge in [0.15, 0.2) is 5.82 Å². The fourth-order valence-electron chi connectivity index (χ4n) is 3.15. The van der Waals surface area contributed by atoms with Crippen molar-refractivity contribution in [2.75, 3.05) is 0 Å². The third-order valence-electron chi connectivity index (χ3n) is 4.31. The van der Waals surface area contributed by atoms with Crippen molar-refractivity contribution in [3.63, 3.8) is 0 Å². The summed E-state index contributed by atoms with van der Waals surface area (Å²) < 4.78 is 39.9. The van der Waals surface area contributed by atoms with Crippen LogP contribution in [0.25, 0.3) is 5.82 Å². The van der Waals surface area contributed by atoms with Gasteiger partial charge < -0.3 is 4.98 Å². The number of nitrogens with one attached hydrogen (secondary N) is 1. The highest BCUT2D eigenvalue weighted by atomic mass is 19.4. The average Bonchev–Trinajstić information content (AvgIpc) is 3.03. The number of hydrogen-bond donors (Lipinski definition) is 1. The quantitative estimate of drug-likeness (QED) is 0.747. The number of aromatic amines is 1. The molecule has 3 rings (SSSR count). The lowest BCUT2D eigenvalue weighted by atomic mass is 9.84. The minimum absolute atomic E-state index is 0.133. The van der Waals surface area contributed by atoms with E-state index >= 15 is 0 Å². The fourth-order valence-corrected chi connectivity index (χ4v) is 3.15. The molecule has 0 spiro atoms. The molecule has 0 radical (unpaired) electrons. The van der Waals surface area contributed by atoms with Gasteiger partial charge in [0, 0.05) is 18.2 Å². The Morgan fingerprint density at radius 3 is 2.33 bits per heavy atom. The van der Waals surface area contributed by atoms with Crippen LogP contribution >= 0.6 is 0 Å². The van der Waals surface area contributed by atoms with Gasteiger partial charge in [0.2, 0.25) is 0 Å². The molecule has 142 valence electrons. The van der Waals surface area contributed by atoms with Gasteiger partial charge >= 0.3 is 6.18 Å². The molecule has 1 aromatic carbocycles. The molecule has 27 heavy (non-hydrogen) atoms. The summed E-state index contributed by atoms with van der Waals surface area (Å²) in [6, 6.07) is 6.53. The van der Waals surface area contributed by atoms with Gasteiger partial charge in [-0.25, -0.2) is 9.67 Å². The lowest BCUT2D eigenvalue weighted by Gasteiger charge is -2.20. The molecule has 1 atom stereocenters. The summed E-state index contributed by atoms with van der Waals surface area (Å²) in [7, 11) is 0. The van der Waals surface area contributed by atoms with Crippen LogP contribution in [0.2, 0.25) is 0 Å². The predicted octanol–water partition coefficient (Wildman–Crippen LogP) is 4.07. The molecule has 0 aliphatic heterocycles. The second kappa shape index (κ2) is 7.02. The lowest BCUT2D eigenvalue weighted by Crippen LogP contribution is -2.12. The van der Waals surface area contributed by atoms with Crippen LogP contribution in [0.4, 0.5) is 13.2 Å². The molecule has 0 aliphatic carbocycles. The number of alkyl halides is 3. The molecule has 8 heteroatoms. The second-order valence-corrected chi connectivity index (χ2v) is 6.75. The molecule has 1 N–H and O–H groups in total. The standard InChI is InChI=1S/C19H19F3N4O/c1-11(2)18(13-4-6-15(7-5-13)19(20,21)22)14-9-23-26(10-14)16-8-17(27)25-12(3)24-16/h4-11,18H,1-3H3,(H,24,25,27). The molecule has 0 saturated heterocycles. The highest BCUT2D eigenvalue weighted by molar-refractivity contribution is 5.35. The van der Waals surface area contributed by atoms with Crippen molar-refractivity contribution >= 4 is 0 Å². The van der Waals surface area contributed by atoms with Crippen LogP contribution in [-0.4, -0.2) is 19.7 Å². The van der Waals surface area contributed by atoms with Crippen molar-refractivity contribution in [3.05, 3.63) is 75.6 Å². The lowest BCUT2D eigenvalue weighted by molar-refractivity contribution is -0.137. The summed E-state index contributed by atoms with van der Waals surface area (Å²) >= 11 is 0. The largest absolute Gasteiger partial charge is 0.416 e. The topological polar surface area (TPSA) is 63.6 Å². The van der Waals surface area contributed by atoms with E-state index in [4.69, 9.17) is 0 Å². The molecule has 1 unspecified atom stereocenters. The van der Waals surface area contributed by atoms with E-state index in [0.717, 1.165) is 23.3 Å². The van der Waals surface area contributed by atoms with E-state index in [-0.39, 0.29) is 17.4 Å². The van der Waals surface area contributed by atoms with Crippen LogP contribution in [0, 0.1) is 12.8 Å². The SMILES string of the molecule is Cc1nc(-n2cc(C(c3ccc(C(F)(F)F)cc3)C(C)C)cn2)cc(=O)[nH]1. The van der Waals surface area contributed by atoms with Crippen LogP contribution in [0.5, 0.6) is 0 Å². The summed E-state index contributed by atoms with van der Waals surface area (Å²) in [6.45, 7) is 5.67. The van der Waals surface area contributed by atoms with Crippen molar-refractivity contribution in [1.82, 2.24) is 19.7 Å². The molecule has 0 fully saturated rings. The van der Waals surface area contributed by atoms with E-state index in [1.807, 2.05) is 13.8 Å². The molecule has 2 aromatic heterocycles. The first kappa shape index (κ1) is 18.9. The van der Waals surface area contributed by atoms with Gasteiger partial charge in [-0.05, 0) is 36.1 Å². The minimum Gasteiger partial charge on any atom is -0.311 e. The van der Waals surface area contributed by atoms with Gasteiger partial charge in [-0.1, -0.05) is 26.0 Å². The number of aryl methyl sites for hydroxylation is 1. The average molecular weight is 376 g/mol. The maximum absolute atomic E-state index is 12.8. The van der Waals surface area contributed by atoms with Gasteiger partial charge in [-0.3, -0.25) is 4.79 Å². The zero-order valence-corrected chi connectivity index (χ0v) is 15.1. The van der Waals surface area contributed by atoms with E-state index in [0.29, 0.717) is 11.6 Å². The first-order valence-corrected chi connectivity index (χ1v) is 8.45. The second-order valence-electron chi connectivity index (χ2n) is 6.75. The van der Waals surface area contributed by atoms with Crippen LogP contribution in [-0.2, 0) is 6.18 Å². The van der Waals surface area contributed by atoms with Gasteiger partial charge in [-0.2, -0.15) is 18.3 Å². The van der Waals surface area contributed by atoms with E-state index in [2.05, 4.69) is 15.1 Å². The number of aromatic nitrogens is 4. The van der Waals surface area contributed by atoms with Gasteiger partial charge in [0.1, 0.15) is 5.82 Å². The van der Waals surface area contributed by atoms with Crippen molar-refractivity contribution in [1.29, 1.82) is 0 Å². The number of nitrogens with zero attached hydrogens (tertiary/aromatic N) is 3. The molecule has 0 amide bonds. The number of hydrogen-bond acceptors (Lipinski definition) is 3. The van der Waals surface area contributed by atoms with E-state index < -0.39 is 11.7 Å². The first-order valence-electron chi connectivity index (χ1n) is 8.45. The molecule has 0 bridgehead atoms. The normalized spacial score (nSPS) is 13.1. The first-order chi connectivity index (χ1) is 12.6. The van der Waals surface area contributed by atoms with Crippen LogP contribution in [0.1, 0.15) is 42.3 Å². The summed E-state index contributed by atoms with van der Waals surface area (Å²) in [5.74, 6) is 0.854. The predicted molar refractivity (Wildman–Crippen MR) is 94.8 cm³/mol. The fraction of sp³-hybridized carbons (Fsp3) is 0.316. The molecule has 0 aliphatic rings. The maximum Gasteiger partial charge on any atom is 0.416 e. The number of halogens is 3. The number of benzene rings is 1. The van der Waals surface area contributed by atoms with Gasteiger partial charge in [0.05, 0.1) is 11.8 Å². The Morgan fingerprint density at radius 2 is 1.78 bits per heavy atom. The monoisotopic (exact) mass is 376 g/mol. The van der Waals surface area contributed by atoms with Gasteiger partial charge in [-0.15, -0.1) is 0 Å². The Bertz CT molecular complexity index is 987. The molecular weight excluding hydrogens is 357 g/mol. The van der Waals surface area contributed by atoms with E-state index in [1.54, 1.807) is 19.3 Å². The van der Waals surface area contributed by atoms with Gasteiger partial charge in [0.25, 0.3) is 5.56 Å². The summed E-state index contributed by atoms with van der Waals surface area (Å²) in [6.07, 6.45) is -0.954. The van der Waals surface area contributed by atoms with Crippen LogP contribution in [0.3, 0.4) is 0 Å². The number of H-pyrrole nitrogens is 1. The molecular formula is C19H19F3N4O. The van der Waals surface area contributed by atoms with Crippen molar-refractivity contribution in [3.8, 4) is 5.82 Å². The Kier molecular flexibility index (Phi) is 4.91. The van der Waals surface area contributed by atoms with E-state index in [1.165, 1.54) is 22.9 Å². The zero-order valence-electron chi connectivity index (χ0n) is 15.1. The van der Waals surface area contributed by atoms with Crippen molar-refractivity contribution < 1.29 is 13.2 Å². The molecule has 2 heterocycles. The molecule has 5 nitrogen and oxygen atoms in total. The van der Waals surface area contributed by atoms with Crippen molar-refractivity contribution in [2.45, 2.75) is 32.9 Å². The summed E-state index contributed by atoms with van der Waals surface area (Å²) in [5.41, 5.74) is 0.655. The van der Waals surface area contributed by atoms with Crippen LogP contribution < -0.4 is 5.56 Å². The third-order valence-corrected chi connectivity index (χ3v) is 4.31. The van der Waals surface area contributed by atoms with E-state index in [9.17, 15) is 18.0 Å². The highest BCUT2D eigenvalue weighted by Gasteiger charge is 2.30. The Balaban J connectivity index is 1.97.